The fourth-order valence-corrected chi connectivity index (χ4v) is 7.69. The van der Waals surface area contributed by atoms with E-state index in [1.54, 1.807) is 0 Å². The first-order valence-corrected chi connectivity index (χ1v) is 18.7. The molecule has 5 nitrogen and oxygen atoms in total. The van der Waals surface area contributed by atoms with E-state index in [0.717, 1.165) is 51.8 Å². The zero-order valence-electron chi connectivity index (χ0n) is 30.0. The average molecular weight is 706 g/mol. The smallest absolute Gasteiger partial charge is 0.164 e. The Bertz CT molecular complexity index is 2890. The lowest BCUT2D eigenvalue weighted by Crippen LogP contribution is -2.04. The summed E-state index contributed by atoms with van der Waals surface area (Å²) < 4.78 is 2.36. The first-order valence-electron chi connectivity index (χ1n) is 18.7. The molecule has 1 aliphatic carbocycles. The molecule has 6 aromatic carbocycles. The van der Waals surface area contributed by atoms with Gasteiger partial charge >= 0.3 is 0 Å². The molecule has 0 saturated carbocycles. The molecule has 260 valence electrons. The Kier molecular flexibility index (Phi) is 8.23. The van der Waals surface area contributed by atoms with E-state index in [-0.39, 0.29) is 0 Å². The van der Waals surface area contributed by atoms with Crippen LogP contribution in [0.3, 0.4) is 0 Å². The average Bonchev–Trinajstić information content (AvgIpc) is 3.61. The summed E-state index contributed by atoms with van der Waals surface area (Å²) in [7, 11) is 0. The quantitative estimate of drug-likeness (QED) is 0.166. The zero-order valence-corrected chi connectivity index (χ0v) is 30.0. The molecule has 0 atom stereocenters. The minimum atomic E-state index is 0.655. The van der Waals surface area contributed by atoms with Crippen LogP contribution in [0.2, 0.25) is 0 Å². The first kappa shape index (κ1) is 32.4. The molecule has 0 radical (unpaired) electrons. The second-order valence-corrected chi connectivity index (χ2v) is 13.9. The third kappa shape index (κ3) is 6.22. The monoisotopic (exact) mass is 705 g/mol. The molecule has 0 N–H and O–H groups in total. The Morgan fingerprint density at radius 3 is 1.71 bits per heavy atom. The van der Waals surface area contributed by atoms with E-state index >= 15 is 0 Å². The number of fused-ring (bicyclic) bond motifs is 3. The van der Waals surface area contributed by atoms with Crippen molar-refractivity contribution in [3.63, 3.8) is 0 Å². The van der Waals surface area contributed by atoms with Gasteiger partial charge in [-0.15, -0.1) is 0 Å². The summed E-state index contributed by atoms with van der Waals surface area (Å²) in [5.74, 6) is 2.02. The van der Waals surface area contributed by atoms with Gasteiger partial charge in [0.25, 0.3) is 0 Å². The summed E-state index contributed by atoms with van der Waals surface area (Å²) in [6, 6.07) is 57.5. The topological polar surface area (TPSA) is 56.5 Å². The van der Waals surface area contributed by atoms with Gasteiger partial charge in [-0.1, -0.05) is 127 Å². The Morgan fingerprint density at radius 1 is 0.364 bits per heavy atom. The van der Waals surface area contributed by atoms with Gasteiger partial charge < -0.3 is 4.57 Å². The maximum Gasteiger partial charge on any atom is 0.164 e. The van der Waals surface area contributed by atoms with E-state index in [1.807, 2.05) is 30.6 Å². The van der Waals surface area contributed by atoms with Crippen LogP contribution < -0.4 is 0 Å². The fourth-order valence-electron chi connectivity index (χ4n) is 7.69. The molecule has 0 saturated heterocycles. The third-order valence-electron chi connectivity index (χ3n) is 10.5. The summed E-state index contributed by atoms with van der Waals surface area (Å²) in [5, 5.41) is 2.51. The number of benzene rings is 6. The van der Waals surface area contributed by atoms with Gasteiger partial charge in [0, 0.05) is 40.0 Å². The molecule has 1 aliphatic rings. The Hall–Kier alpha value is -7.24. The van der Waals surface area contributed by atoms with E-state index in [1.165, 1.54) is 38.6 Å². The molecule has 0 fully saturated rings. The van der Waals surface area contributed by atoms with Crippen molar-refractivity contribution in [1.82, 2.24) is 24.5 Å². The lowest BCUT2D eigenvalue weighted by atomic mass is 9.92. The van der Waals surface area contributed by atoms with Crippen molar-refractivity contribution in [2.24, 2.45) is 0 Å². The Labute approximate surface area is 319 Å². The van der Waals surface area contributed by atoms with E-state index in [2.05, 4.69) is 167 Å². The van der Waals surface area contributed by atoms with Gasteiger partial charge in [0.2, 0.25) is 0 Å². The number of pyridine rings is 1. The van der Waals surface area contributed by atoms with Gasteiger partial charge in [0.1, 0.15) is 0 Å². The summed E-state index contributed by atoms with van der Waals surface area (Å²) >= 11 is 0. The molecule has 55 heavy (non-hydrogen) atoms. The van der Waals surface area contributed by atoms with Crippen LogP contribution in [-0.4, -0.2) is 24.5 Å². The highest BCUT2D eigenvalue weighted by molar-refractivity contribution is 6.10. The predicted octanol–water partition coefficient (Wildman–Crippen LogP) is 12.3. The number of rotatable bonds is 7. The van der Waals surface area contributed by atoms with Crippen molar-refractivity contribution < 1.29 is 0 Å². The summed E-state index contributed by atoms with van der Waals surface area (Å²) in [4.78, 5) is 19.5. The van der Waals surface area contributed by atoms with Crippen LogP contribution in [0.1, 0.15) is 24.2 Å². The number of nitrogens with zero attached hydrogens (tertiary/aromatic N) is 5. The lowest BCUT2D eigenvalue weighted by Gasteiger charge is -2.16. The third-order valence-corrected chi connectivity index (χ3v) is 10.5. The van der Waals surface area contributed by atoms with Crippen molar-refractivity contribution in [3.05, 3.63) is 200 Å². The fraction of sp³-hybridized carbons (Fsp3) is 0.0400. The highest BCUT2D eigenvalue weighted by atomic mass is 15.0. The normalized spacial score (nSPS) is 12.8. The Morgan fingerprint density at radius 2 is 0.927 bits per heavy atom. The summed E-state index contributed by atoms with van der Waals surface area (Å²) in [5.41, 5.74) is 13.6. The van der Waals surface area contributed by atoms with Crippen molar-refractivity contribution in [3.8, 4) is 50.7 Å². The summed E-state index contributed by atoms with van der Waals surface area (Å²) in [6.45, 7) is 0. The molecular formula is C50H35N5. The van der Waals surface area contributed by atoms with Crippen LogP contribution >= 0.6 is 0 Å². The Balaban J connectivity index is 1.04. The minimum absolute atomic E-state index is 0.655. The van der Waals surface area contributed by atoms with Crippen LogP contribution in [-0.2, 0) is 0 Å². The maximum atomic E-state index is 5.13. The molecular weight excluding hydrogens is 671 g/mol. The molecule has 0 aliphatic heterocycles. The van der Waals surface area contributed by atoms with Crippen LogP contribution in [0, 0.1) is 0 Å². The van der Waals surface area contributed by atoms with Crippen molar-refractivity contribution in [1.29, 1.82) is 0 Å². The van der Waals surface area contributed by atoms with Crippen LogP contribution in [0.4, 0.5) is 0 Å². The largest absolute Gasteiger partial charge is 0.309 e. The standard InChI is InChI=1S/C50H35N5/c1-3-10-34(11-4-1)40-12-9-13-42(32-40)50-53-48(38-22-18-35(19-23-38)37-28-30-51-31-29-37)52-49(54-50)39-24-20-36(21-25-39)41-26-27-47-45(33-41)44-16-7-8-17-46(44)55(47)43-14-5-2-6-15-43/h1-20,22-24,26-33H,21,25H2. The zero-order chi connectivity index (χ0) is 36.6. The number of allylic oxidation sites excluding steroid dienone is 4. The molecule has 0 spiro atoms. The van der Waals surface area contributed by atoms with Crippen molar-refractivity contribution in [2.75, 3.05) is 0 Å². The number of aromatic nitrogens is 5. The number of hydrogen-bond acceptors (Lipinski definition) is 4. The van der Waals surface area contributed by atoms with Crippen LogP contribution in [0.15, 0.2) is 188 Å². The van der Waals surface area contributed by atoms with Gasteiger partial charge in [-0.25, -0.2) is 15.0 Å². The van der Waals surface area contributed by atoms with Crippen molar-refractivity contribution in [2.45, 2.75) is 12.8 Å². The van der Waals surface area contributed by atoms with Gasteiger partial charge in [-0.3, -0.25) is 4.98 Å². The molecule has 3 heterocycles. The molecule has 9 aromatic rings. The number of para-hydroxylation sites is 2. The molecule has 3 aromatic heterocycles. The van der Waals surface area contributed by atoms with E-state index in [4.69, 9.17) is 15.0 Å². The lowest BCUT2D eigenvalue weighted by molar-refractivity contribution is 0.985. The summed E-state index contributed by atoms with van der Waals surface area (Å²) in [6.07, 6.45) is 9.79. The van der Waals surface area contributed by atoms with Gasteiger partial charge in [-0.05, 0) is 100 Å². The minimum Gasteiger partial charge on any atom is -0.309 e. The van der Waals surface area contributed by atoms with E-state index in [0.29, 0.717) is 17.5 Å². The second kappa shape index (κ2) is 14.0. The predicted molar refractivity (Wildman–Crippen MR) is 225 cm³/mol. The molecule has 0 bridgehead atoms. The van der Waals surface area contributed by atoms with Gasteiger partial charge in [-0.2, -0.15) is 0 Å². The van der Waals surface area contributed by atoms with E-state index in [9.17, 15) is 0 Å². The SMILES string of the molecule is C1=C(c2ccc3c(c2)c2ccccc2n3-c2ccccc2)CCC(c2nc(-c3ccc(-c4ccncc4)cc3)nc(-c3cccc(-c4ccccc4)c3)n2)=C1. The van der Waals surface area contributed by atoms with Crippen LogP contribution in [0.5, 0.6) is 0 Å². The molecule has 0 amide bonds. The molecule has 5 heteroatoms. The van der Waals surface area contributed by atoms with Crippen LogP contribution in [0.25, 0.3) is 83.7 Å². The molecule has 10 rings (SSSR count). The highest BCUT2D eigenvalue weighted by Gasteiger charge is 2.19. The highest BCUT2D eigenvalue weighted by Crippen LogP contribution is 2.37. The number of hydrogen-bond donors (Lipinski definition) is 0. The maximum absolute atomic E-state index is 5.13. The van der Waals surface area contributed by atoms with Gasteiger partial charge in [0.15, 0.2) is 17.5 Å². The second-order valence-electron chi connectivity index (χ2n) is 13.9. The van der Waals surface area contributed by atoms with Crippen molar-refractivity contribution >= 4 is 33.0 Å². The molecule has 0 unspecified atom stereocenters. The first-order chi connectivity index (χ1) is 27.2. The van der Waals surface area contributed by atoms with Gasteiger partial charge in [0.05, 0.1) is 11.0 Å². The van der Waals surface area contributed by atoms with E-state index < -0.39 is 0 Å².